The Balaban J connectivity index is 2.13. The molecule has 17 heavy (non-hydrogen) atoms. The van der Waals surface area contributed by atoms with Gasteiger partial charge in [0.05, 0.1) is 12.3 Å². The molecule has 0 atom stereocenters. The van der Waals surface area contributed by atoms with Gasteiger partial charge in [-0.2, -0.15) is 0 Å². The van der Waals surface area contributed by atoms with Gasteiger partial charge in [0.2, 0.25) is 0 Å². The van der Waals surface area contributed by atoms with Crippen LogP contribution in [0.1, 0.15) is 29.8 Å². The second kappa shape index (κ2) is 6.33. The summed E-state index contributed by atoms with van der Waals surface area (Å²) in [7, 11) is 3.69. The smallest absolute Gasteiger partial charge is 0.185 e. The van der Waals surface area contributed by atoms with Crippen molar-refractivity contribution in [2.45, 2.75) is 32.4 Å². The maximum Gasteiger partial charge on any atom is 0.185 e. The van der Waals surface area contributed by atoms with E-state index in [2.05, 4.69) is 10.2 Å². The lowest BCUT2D eigenvalue weighted by Crippen LogP contribution is -2.29. The summed E-state index contributed by atoms with van der Waals surface area (Å²) in [4.78, 5) is 8.43. The summed E-state index contributed by atoms with van der Waals surface area (Å²) in [5, 5.41) is 4.36. The summed E-state index contributed by atoms with van der Waals surface area (Å²) in [5.74, 6) is 0. The molecule has 0 radical (unpaired) electrons. The number of hydrogen-bond donors (Lipinski definition) is 1. The van der Waals surface area contributed by atoms with Crippen LogP contribution in [-0.4, -0.2) is 32.2 Å². The van der Waals surface area contributed by atoms with E-state index >= 15 is 0 Å². The lowest BCUT2D eigenvalue weighted by Gasteiger charge is -2.25. The molecule has 1 aliphatic heterocycles. The highest BCUT2D eigenvalue weighted by atomic mass is 32.1. The maximum absolute atomic E-state index is 5.21. The predicted octanol–water partition coefficient (Wildman–Crippen LogP) is 2.00. The van der Waals surface area contributed by atoms with Gasteiger partial charge < -0.3 is 15.0 Å². The van der Waals surface area contributed by atoms with Crippen molar-refractivity contribution in [1.29, 1.82) is 0 Å². The van der Waals surface area contributed by atoms with E-state index in [0.717, 1.165) is 25.3 Å². The lowest BCUT2D eigenvalue weighted by atomic mass is 10.1. The Kier molecular flexibility index (Phi) is 4.76. The zero-order valence-electron chi connectivity index (χ0n) is 10.7. The molecule has 0 saturated carbocycles. The molecule has 2 rings (SSSR count). The van der Waals surface area contributed by atoms with E-state index in [1.807, 2.05) is 7.05 Å². The first-order valence-corrected chi connectivity index (χ1v) is 7.04. The summed E-state index contributed by atoms with van der Waals surface area (Å²) in [5.41, 5.74) is 1.09. The van der Waals surface area contributed by atoms with Gasteiger partial charge >= 0.3 is 0 Å². The van der Waals surface area contributed by atoms with Gasteiger partial charge in [-0.25, -0.2) is 4.98 Å². The summed E-state index contributed by atoms with van der Waals surface area (Å²) < 4.78 is 5.21. The molecule has 0 amide bonds. The van der Waals surface area contributed by atoms with Crippen LogP contribution in [-0.2, 0) is 17.9 Å². The quantitative estimate of drug-likeness (QED) is 0.873. The Morgan fingerprint density at radius 1 is 1.35 bits per heavy atom. The van der Waals surface area contributed by atoms with Crippen LogP contribution in [0.15, 0.2) is 0 Å². The number of ether oxygens (including phenoxy) is 1. The Labute approximate surface area is 107 Å². The SMILES string of the molecule is CNCc1sc(N2CCCCC2)nc1COC. The molecule has 1 saturated heterocycles. The van der Waals surface area contributed by atoms with Crippen LogP contribution < -0.4 is 10.2 Å². The zero-order valence-corrected chi connectivity index (χ0v) is 11.5. The number of nitrogens with zero attached hydrogens (tertiary/aromatic N) is 2. The van der Waals surface area contributed by atoms with Crippen molar-refractivity contribution in [2.75, 3.05) is 32.1 Å². The molecule has 4 nitrogen and oxygen atoms in total. The van der Waals surface area contributed by atoms with Crippen molar-refractivity contribution < 1.29 is 4.74 Å². The second-order valence-electron chi connectivity index (χ2n) is 4.38. The highest BCUT2D eigenvalue weighted by Gasteiger charge is 2.17. The summed E-state index contributed by atoms with van der Waals surface area (Å²) >= 11 is 1.80. The molecule has 1 aromatic heterocycles. The number of piperidine rings is 1. The Hall–Kier alpha value is -0.650. The molecular weight excluding hydrogens is 234 g/mol. The summed E-state index contributed by atoms with van der Waals surface area (Å²) in [6, 6.07) is 0. The first-order chi connectivity index (χ1) is 8.35. The van der Waals surface area contributed by atoms with E-state index in [1.54, 1.807) is 18.4 Å². The Morgan fingerprint density at radius 3 is 2.76 bits per heavy atom. The van der Waals surface area contributed by atoms with Gasteiger partial charge in [0.15, 0.2) is 5.13 Å². The number of thiazole rings is 1. The monoisotopic (exact) mass is 255 g/mol. The molecule has 1 fully saturated rings. The van der Waals surface area contributed by atoms with Gasteiger partial charge in [0, 0.05) is 31.6 Å². The number of nitrogens with one attached hydrogen (secondary N) is 1. The van der Waals surface area contributed by atoms with Crippen LogP contribution in [0.2, 0.25) is 0 Å². The topological polar surface area (TPSA) is 37.4 Å². The van der Waals surface area contributed by atoms with Crippen molar-refractivity contribution in [3.05, 3.63) is 10.6 Å². The van der Waals surface area contributed by atoms with Gasteiger partial charge in [-0.15, -0.1) is 11.3 Å². The molecule has 0 aliphatic carbocycles. The normalized spacial score (nSPS) is 16.5. The van der Waals surface area contributed by atoms with Crippen LogP contribution >= 0.6 is 11.3 Å². The standard InChI is InChI=1S/C12H21N3OS/c1-13-8-11-10(9-16-2)14-12(17-11)15-6-4-3-5-7-15/h13H,3-9H2,1-2H3. The molecule has 2 heterocycles. The largest absolute Gasteiger partial charge is 0.378 e. The fourth-order valence-electron chi connectivity index (χ4n) is 2.14. The average molecular weight is 255 g/mol. The summed E-state index contributed by atoms with van der Waals surface area (Å²) in [6.45, 7) is 3.80. The van der Waals surface area contributed by atoms with Gasteiger partial charge in [0.1, 0.15) is 0 Å². The van der Waals surface area contributed by atoms with Gasteiger partial charge in [0.25, 0.3) is 0 Å². The fourth-order valence-corrected chi connectivity index (χ4v) is 3.27. The molecule has 0 spiro atoms. The van der Waals surface area contributed by atoms with Crippen LogP contribution in [0.3, 0.4) is 0 Å². The minimum Gasteiger partial charge on any atom is -0.378 e. The van der Waals surface area contributed by atoms with Crippen molar-refractivity contribution in [3.63, 3.8) is 0 Å². The number of aromatic nitrogens is 1. The third-order valence-corrected chi connectivity index (χ3v) is 4.17. The lowest BCUT2D eigenvalue weighted by molar-refractivity contribution is 0.181. The van der Waals surface area contributed by atoms with Gasteiger partial charge in [-0.05, 0) is 26.3 Å². The van der Waals surface area contributed by atoms with E-state index in [4.69, 9.17) is 9.72 Å². The van der Waals surface area contributed by atoms with E-state index < -0.39 is 0 Å². The van der Waals surface area contributed by atoms with Crippen LogP contribution in [0.25, 0.3) is 0 Å². The zero-order chi connectivity index (χ0) is 12.1. The van der Waals surface area contributed by atoms with Gasteiger partial charge in [-0.1, -0.05) is 0 Å². The third-order valence-electron chi connectivity index (χ3n) is 3.01. The molecule has 1 aliphatic rings. The predicted molar refractivity (Wildman–Crippen MR) is 71.7 cm³/mol. The van der Waals surface area contributed by atoms with Gasteiger partial charge in [-0.3, -0.25) is 0 Å². The van der Waals surface area contributed by atoms with E-state index in [1.165, 1.54) is 29.3 Å². The summed E-state index contributed by atoms with van der Waals surface area (Å²) in [6.07, 6.45) is 3.94. The molecule has 0 aromatic carbocycles. The van der Waals surface area contributed by atoms with E-state index in [0.29, 0.717) is 6.61 Å². The van der Waals surface area contributed by atoms with Crippen molar-refractivity contribution in [1.82, 2.24) is 10.3 Å². The third kappa shape index (κ3) is 3.18. The molecule has 0 bridgehead atoms. The fraction of sp³-hybridized carbons (Fsp3) is 0.750. The highest BCUT2D eigenvalue weighted by molar-refractivity contribution is 7.15. The van der Waals surface area contributed by atoms with E-state index in [-0.39, 0.29) is 0 Å². The number of anilines is 1. The molecule has 5 heteroatoms. The number of rotatable bonds is 5. The first kappa shape index (κ1) is 12.8. The Morgan fingerprint density at radius 2 is 2.12 bits per heavy atom. The minimum absolute atomic E-state index is 0.612. The van der Waals surface area contributed by atoms with Crippen LogP contribution in [0.4, 0.5) is 5.13 Å². The maximum atomic E-state index is 5.21. The molecule has 96 valence electrons. The number of methoxy groups -OCH3 is 1. The molecule has 0 unspecified atom stereocenters. The van der Waals surface area contributed by atoms with Crippen LogP contribution in [0.5, 0.6) is 0 Å². The highest BCUT2D eigenvalue weighted by Crippen LogP contribution is 2.28. The Bertz CT molecular complexity index is 324. The molecule has 1 aromatic rings. The van der Waals surface area contributed by atoms with Crippen molar-refractivity contribution >= 4 is 16.5 Å². The van der Waals surface area contributed by atoms with Crippen molar-refractivity contribution in [2.24, 2.45) is 0 Å². The first-order valence-electron chi connectivity index (χ1n) is 6.22. The van der Waals surface area contributed by atoms with Crippen LogP contribution in [0, 0.1) is 0 Å². The molecule has 1 N–H and O–H groups in total. The molecular formula is C12H21N3OS. The second-order valence-corrected chi connectivity index (χ2v) is 5.44. The van der Waals surface area contributed by atoms with Crippen molar-refractivity contribution in [3.8, 4) is 0 Å². The number of hydrogen-bond acceptors (Lipinski definition) is 5. The average Bonchev–Trinajstić information content (AvgIpc) is 2.75. The minimum atomic E-state index is 0.612. The van der Waals surface area contributed by atoms with E-state index in [9.17, 15) is 0 Å².